The van der Waals surface area contributed by atoms with Gasteiger partial charge in [0.25, 0.3) is 0 Å². The largest absolute Gasteiger partial charge is 0.385 e. The average Bonchev–Trinajstić information content (AvgIpc) is 2.85. The number of anilines is 2. The van der Waals surface area contributed by atoms with Gasteiger partial charge >= 0.3 is 0 Å². The SMILES string of the molecule is CCN(CC)CC(=O)Nc1c(C)ccc(NCCCCCOCCCCc2ccccc2)c1C. The van der Waals surface area contributed by atoms with Gasteiger partial charge in [-0.3, -0.25) is 9.69 Å². The van der Waals surface area contributed by atoms with Crippen LogP contribution in [-0.2, 0) is 16.0 Å². The van der Waals surface area contributed by atoms with Gasteiger partial charge in [-0.2, -0.15) is 0 Å². The zero-order valence-corrected chi connectivity index (χ0v) is 21.8. The Hall–Kier alpha value is -2.37. The molecule has 34 heavy (non-hydrogen) atoms. The number of hydrogen-bond acceptors (Lipinski definition) is 4. The van der Waals surface area contributed by atoms with E-state index in [1.807, 2.05) is 6.92 Å². The zero-order valence-electron chi connectivity index (χ0n) is 21.8. The summed E-state index contributed by atoms with van der Waals surface area (Å²) in [5.74, 6) is 0.0483. The van der Waals surface area contributed by atoms with Gasteiger partial charge in [-0.1, -0.05) is 50.2 Å². The molecule has 2 N–H and O–H groups in total. The number of likely N-dealkylation sites (N-methyl/N-ethyl adjacent to an activating group) is 1. The molecule has 0 aliphatic rings. The predicted octanol–water partition coefficient (Wildman–Crippen LogP) is 6.21. The van der Waals surface area contributed by atoms with Crippen molar-refractivity contribution in [3.05, 3.63) is 59.2 Å². The second-order valence-electron chi connectivity index (χ2n) is 8.98. The number of nitrogens with zero attached hydrogens (tertiary/aromatic N) is 1. The Labute approximate surface area is 207 Å². The number of nitrogens with one attached hydrogen (secondary N) is 2. The third kappa shape index (κ3) is 10.3. The summed E-state index contributed by atoms with van der Waals surface area (Å²) in [7, 11) is 0. The van der Waals surface area contributed by atoms with Crippen LogP contribution in [0.1, 0.15) is 62.6 Å². The van der Waals surface area contributed by atoms with Crippen molar-refractivity contribution in [2.45, 2.75) is 66.2 Å². The summed E-state index contributed by atoms with van der Waals surface area (Å²) in [6.07, 6.45) is 6.79. The Morgan fingerprint density at radius 1 is 0.882 bits per heavy atom. The van der Waals surface area contributed by atoms with E-state index in [0.29, 0.717) is 6.54 Å². The van der Waals surface area contributed by atoms with E-state index in [4.69, 9.17) is 4.74 Å². The number of carbonyl (C=O) groups excluding carboxylic acids is 1. The van der Waals surface area contributed by atoms with E-state index < -0.39 is 0 Å². The van der Waals surface area contributed by atoms with Crippen molar-refractivity contribution in [1.29, 1.82) is 0 Å². The molecule has 2 rings (SSSR count). The molecule has 0 heterocycles. The molecule has 0 fully saturated rings. The predicted molar refractivity (Wildman–Crippen MR) is 145 cm³/mol. The molecule has 5 nitrogen and oxygen atoms in total. The smallest absolute Gasteiger partial charge is 0.238 e. The fourth-order valence-electron chi connectivity index (χ4n) is 4.07. The standard InChI is InChI=1S/C29H45N3O2/c1-5-32(6-2)23-28(33)31-29-24(3)18-19-27(25(29)4)30-20-12-8-13-21-34-22-14-11-17-26-15-9-7-10-16-26/h7,9-10,15-16,18-19,30H,5-6,8,11-14,17,20-23H2,1-4H3,(H,31,33). The first kappa shape index (κ1) is 27.9. The summed E-state index contributed by atoms with van der Waals surface area (Å²) in [6, 6.07) is 14.8. The number of carbonyl (C=O) groups is 1. The number of amides is 1. The van der Waals surface area contributed by atoms with Gasteiger partial charge in [0.15, 0.2) is 0 Å². The molecule has 0 spiro atoms. The quantitative estimate of drug-likeness (QED) is 0.272. The first-order valence-electron chi connectivity index (χ1n) is 13.0. The Bertz CT molecular complexity index is 835. The zero-order chi connectivity index (χ0) is 24.6. The molecule has 2 aromatic rings. The van der Waals surface area contributed by atoms with Gasteiger partial charge in [-0.25, -0.2) is 0 Å². The third-order valence-electron chi connectivity index (χ3n) is 6.33. The van der Waals surface area contributed by atoms with Gasteiger partial charge in [0.1, 0.15) is 0 Å². The molecule has 0 bridgehead atoms. The van der Waals surface area contributed by atoms with Crippen LogP contribution >= 0.6 is 0 Å². The molecule has 0 saturated heterocycles. The van der Waals surface area contributed by atoms with Gasteiger partial charge in [0.2, 0.25) is 5.91 Å². The van der Waals surface area contributed by atoms with E-state index >= 15 is 0 Å². The summed E-state index contributed by atoms with van der Waals surface area (Å²) in [4.78, 5) is 14.6. The molecular formula is C29H45N3O2. The maximum atomic E-state index is 12.5. The Morgan fingerprint density at radius 2 is 1.59 bits per heavy atom. The van der Waals surface area contributed by atoms with Crippen molar-refractivity contribution >= 4 is 17.3 Å². The van der Waals surface area contributed by atoms with E-state index in [1.54, 1.807) is 0 Å². The molecule has 0 radical (unpaired) electrons. The first-order chi connectivity index (χ1) is 16.5. The maximum Gasteiger partial charge on any atom is 0.238 e. The summed E-state index contributed by atoms with van der Waals surface area (Å²) in [6.45, 7) is 13.1. The van der Waals surface area contributed by atoms with Gasteiger partial charge < -0.3 is 15.4 Å². The van der Waals surface area contributed by atoms with E-state index in [-0.39, 0.29) is 5.91 Å². The second-order valence-corrected chi connectivity index (χ2v) is 8.98. The number of rotatable bonds is 17. The molecule has 2 aromatic carbocycles. The topological polar surface area (TPSA) is 53.6 Å². The fraction of sp³-hybridized carbons (Fsp3) is 0.552. The lowest BCUT2D eigenvalue weighted by Gasteiger charge is -2.20. The van der Waals surface area contributed by atoms with Crippen molar-refractivity contribution in [1.82, 2.24) is 4.90 Å². The minimum absolute atomic E-state index is 0.0483. The number of benzene rings is 2. The molecule has 188 valence electrons. The van der Waals surface area contributed by atoms with Crippen LogP contribution in [0.2, 0.25) is 0 Å². The van der Waals surface area contributed by atoms with E-state index in [1.165, 1.54) is 12.0 Å². The normalized spacial score (nSPS) is 11.1. The number of ether oxygens (including phenoxy) is 1. The highest BCUT2D eigenvalue weighted by Gasteiger charge is 2.12. The number of hydrogen-bond donors (Lipinski definition) is 2. The minimum atomic E-state index is 0.0483. The van der Waals surface area contributed by atoms with Gasteiger partial charge in [0.05, 0.1) is 6.54 Å². The van der Waals surface area contributed by atoms with Crippen LogP contribution in [0.5, 0.6) is 0 Å². The summed E-state index contributed by atoms with van der Waals surface area (Å²) in [5, 5.41) is 6.68. The highest BCUT2D eigenvalue weighted by Crippen LogP contribution is 2.27. The van der Waals surface area contributed by atoms with Gasteiger partial charge in [-0.15, -0.1) is 0 Å². The highest BCUT2D eigenvalue weighted by atomic mass is 16.5. The van der Waals surface area contributed by atoms with E-state index in [9.17, 15) is 4.79 Å². The Kier molecular flexibility index (Phi) is 13.4. The summed E-state index contributed by atoms with van der Waals surface area (Å²) >= 11 is 0. The van der Waals surface area contributed by atoms with Crippen LogP contribution < -0.4 is 10.6 Å². The van der Waals surface area contributed by atoms with Crippen LogP contribution in [0, 0.1) is 13.8 Å². The maximum absolute atomic E-state index is 12.5. The fourth-order valence-corrected chi connectivity index (χ4v) is 4.07. The van der Waals surface area contributed by atoms with Crippen molar-refractivity contribution < 1.29 is 9.53 Å². The molecule has 0 aromatic heterocycles. The van der Waals surface area contributed by atoms with Crippen molar-refractivity contribution in [3.8, 4) is 0 Å². The molecule has 0 unspecified atom stereocenters. The Morgan fingerprint density at radius 3 is 2.29 bits per heavy atom. The lowest BCUT2D eigenvalue weighted by molar-refractivity contribution is -0.117. The van der Waals surface area contributed by atoms with E-state index in [2.05, 4.69) is 78.8 Å². The second kappa shape index (κ2) is 16.3. The van der Waals surface area contributed by atoms with Crippen LogP contribution in [-0.4, -0.2) is 50.2 Å². The number of aryl methyl sites for hydroxylation is 2. The summed E-state index contributed by atoms with van der Waals surface area (Å²) in [5.41, 5.74) is 5.64. The van der Waals surface area contributed by atoms with Crippen LogP contribution in [0.15, 0.2) is 42.5 Å². The van der Waals surface area contributed by atoms with Crippen molar-refractivity contribution in [3.63, 3.8) is 0 Å². The van der Waals surface area contributed by atoms with E-state index in [0.717, 1.165) is 87.5 Å². The lowest BCUT2D eigenvalue weighted by Crippen LogP contribution is -2.33. The molecule has 0 saturated carbocycles. The number of unbranched alkanes of at least 4 members (excludes halogenated alkanes) is 3. The molecule has 1 amide bonds. The minimum Gasteiger partial charge on any atom is -0.385 e. The molecule has 5 heteroatoms. The summed E-state index contributed by atoms with van der Waals surface area (Å²) < 4.78 is 5.80. The third-order valence-corrected chi connectivity index (χ3v) is 6.33. The first-order valence-corrected chi connectivity index (χ1v) is 13.0. The Balaban J connectivity index is 1.59. The van der Waals surface area contributed by atoms with Gasteiger partial charge in [0, 0.05) is 31.1 Å². The van der Waals surface area contributed by atoms with Crippen molar-refractivity contribution in [2.75, 3.05) is 50.0 Å². The van der Waals surface area contributed by atoms with Crippen LogP contribution in [0.25, 0.3) is 0 Å². The molecule has 0 aliphatic heterocycles. The highest BCUT2D eigenvalue weighted by molar-refractivity contribution is 5.94. The molecule has 0 aliphatic carbocycles. The lowest BCUT2D eigenvalue weighted by atomic mass is 10.1. The average molecular weight is 468 g/mol. The van der Waals surface area contributed by atoms with Gasteiger partial charge in [-0.05, 0) is 88.2 Å². The monoisotopic (exact) mass is 467 g/mol. The molecular weight excluding hydrogens is 422 g/mol. The molecule has 0 atom stereocenters. The van der Waals surface area contributed by atoms with Crippen molar-refractivity contribution in [2.24, 2.45) is 0 Å². The van der Waals surface area contributed by atoms with Crippen LogP contribution in [0.4, 0.5) is 11.4 Å². The van der Waals surface area contributed by atoms with Crippen LogP contribution in [0.3, 0.4) is 0 Å².